The van der Waals surface area contributed by atoms with Crippen LogP contribution in [-0.4, -0.2) is 41.6 Å². The third-order valence-electron chi connectivity index (χ3n) is 5.86. The van der Waals surface area contributed by atoms with E-state index in [1.807, 2.05) is 41.6 Å². The van der Waals surface area contributed by atoms with E-state index in [4.69, 9.17) is 0 Å². The van der Waals surface area contributed by atoms with Gasteiger partial charge in [0.25, 0.3) is 5.91 Å². The fraction of sp³-hybridized carbons (Fsp3) is 0.500. The molecule has 2 fully saturated rings. The lowest BCUT2D eigenvalue weighted by Crippen LogP contribution is -2.43. The van der Waals surface area contributed by atoms with Gasteiger partial charge in [0.1, 0.15) is 5.56 Å². The number of carbonyl (C=O) groups excluding carboxylic acids is 1. The molecule has 1 aromatic heterocycles. The average Bonchev–Trinajstić information content (AvgIpc) is 3.01. The van der Waals surface area contributed by atoms with E-state index in [1.54, 1.807) is 6.20 Å². The Labute approximate surface area is 147 Å². The summed E-state index contributed by atoms with van der Waals surface area (Å²) in [6.45, 7) is 5.52. The number of hydrogen-bond donors (Lipinski definition) is 1. The van der Waals surface area contributed by atoms with Gasteiger partial charge in [-0.1, -0.05) is 11.6 Å². The van der Waals surface area contributed by atoms with Crippen molar-refractivity contribution in [3.05, 3.63) is 45.7 Å². The van der Waals surface area contributed by atoms with Crippen LogP contribution in [0.4, 0.5) is 0 Å². The maximum absolute atomic E-state index is 13.1. The number of nitrogens with zero attached hydrogens (tertiary/aromatic N) is 2. The van der Waals surface area contributed by atoms with Crippen molar-refractivity contribution in [1.82, 2.24) is 14.8 Å². The van der Waals surface area contributed by atoms with Crippen LogP contribution in [0.3, 0.4) is 0 Å². The number of hydrogen-bond acceptors (Lipinski definition) is 3. The van der Waals surface area contributed by atoms with Gasteiger partial charge in [0.2, 0.25) is 5.43 Å². The van der Waals surface area contributed by atoms with Gasteiger partial charge < -0.3 is 14.8 Å². The van der Waals surface area contributed by atoms with Crippen LogP contribution < -0.4 is 10.7 Å². The van der Waals surface area contributed by atoms with Gasteiger partial charge in [-0.05, 0) is 44.9 Å². The number of carbonyl (C=O) groups is 1. The number of nitrogens with one attached hydrogen (secondary N) is 1. The number of pyridine rings is 1. The highest BCUT2D eigenvalue weighted by atomic mass is 16.2. The summed E-state index contributed by atoms with van der Waals surface area (Å²) in [4.78, 5) is 27.9. The molecule has 1 N–H and O–H groups in total. The van der Waals surface area contributed by atoms with Crippen LogP contribution in [0.1, 0.15) is 35.2 Å². The Hall–Kier alpha value is -2.14. The number of rotatable bonds is 1. The number of piperidine rings is 1. The molecule has 1 atom stereocenters. The largest absolute Gasteiger partial charge is 0.350 e. The molecule has 25 heavy (non-hydrogen) atoms. The molecule has 3 heterocycles. The molecule has 0 unspecified atom stereocenters. The Morgan fingerprint density at radius 3 is 2.88 bits per heavy atom. The second kappa shape index (κ2) is 5.99. The van der Waals surface area contributed by atoms with Crippen LogP contribution in [0, 0.1) is 12.3 Å². The first-order chi connectivity index (χ1) is 12.0. The van der Waals surface area contributed by atoms with E-state index < -0.39 is 0 Å². The SMILES string of the molecule is Cc1ccc2c(c1)c(=O)c(C(=O)N1CC[C@]3(CCCNC3)C1)cn2C. The van der Waals surface area contributed by atoms with Crippen molar-refractivity contribution in [2.45, 2.75) is 26.2 Å². The summed E-state index contributed by atoms with van der Waals surface area (Å²) in [6.07, 6.45) is 5.06. The maximum atomic E-state index is 13.1. The number of likely N-dealkylation sites (tertiary alicyclic amines) is 1. The molecule has 5 heteroatoms. The van der Waals surface area contributed by atoms with Gasteiger partial charge in [-0.15, -0.1) is 0 Å². The minimum Gasteiger partial charge on any atom is -0.350 e. The molecule has 0 radical (unpaired) electrons. The lowest BCUT2D eigenvalue weighted by Gasteiger charge is -2.33. The summed E-state index contributed by atoms with van der Waals surface area (Å²) in [5.74, 6) is -0.119. The molecule has 0 saturated carbocycles. The van der Waals surface area contributed by atoms with E-state index in [1.165, 1.54) is 12.8 Å². The summed E-state index contributed by atoms with van der Waals surface area (Å²) in [5, 5.41) is 4.09. The molecule has 1 amide bonds. The molecule has 2 aliphatic rings. The molecule has 5 nitrogen and oxygen atoms in total. The molecular formula is C20H25N3O2. The van der Waals surface area contributed by atoms with Crippen molar-refractivity contribution >= 4 is 16.8 Å². The van der Waals surface area contributed by atoms with Gasteiger partial charge in [-0.2, -0.15) is 0 Å². The van der Waals surface area contributed by atoms with Crippen LogP contribution in [0.15, 0.2) is 29.2 Å². The molecule has 2 aliphatic heterocycles. The number of aryl methyl sites for hydroxylation is 2. The van der Waals surface area contributed by atoms with E-state index in [0.717, 1.165) is 43.7 Å². The topological polar surface area (TPSA) is 54.3 Å². The highest BCUT2D eigenvalue weighted by Gasteiger charge is 2.41. The van der Waals surface area contributed by atoms with Crippen molar-refractivity contribution in [1.29, 1.82) is 0 Å². The minimum atomic E-state index is -0.149. The molecule has 4 rings (SSSR count). The standard InChI is InChI=1S/C20H25N3O2/c1-14-4-5-17-15(10-14)18(24)16(11-22(17)2)19(25)23-9-7-20(13-23)6-3-8-21-12-20/h4-5,10-11,21H,3,6-9,12-13H2,1-2H3/t20-/m0/s1. The Balaban J connectivity index is 1.69. The third kappa shape index (κ3) is 2.76. The van der Waals surface area contributed by atoms with Crippen LogP contribution in [0.25, 0.3) is 10.9 Å². The highest BCUT2D eigenvalue weighted by molar-refractivity contribution is 5.97. The van der Waals surface area contributed by atoms with Crippen LogP contribution in [0.2, 0.25) is 0 Å². The number of aromatic nitrogens is 1. The fourth-order valence-electron chi connectivity index (χ4n) is 4.42. The summed E-state index contributed by atoms with van der Waals surface area (Å²) in [7, 11) is 1.89. The van der Waals surface area contributed by atoms with Gasteiger partial charge in [0, 0.05) is 43.7 Å². The Kier molecular flexibility index (Phi) is 3.91. The van der Waals surface area contributed by atoms with Crippen LogP contribution in [-0.2, 0) is 7.05 Å². The average molecular weight is 339 g/mol. The van der Waals surface area contributed by atoms with Gasteiger partial charge in [-0.3, -0.25) is 9.59 Å². The van der Waals surface area contributed by atoms with E-state index in [0.29, 0.717) is 10.9 Å². The molecule has 1 aromatic carbocycles. The normalized spacial score (nSPS) is 23.5. The Morgan fingerprint density at radius 1 is 1.28 bits per heavy atom. The number of fused-ring (bicyclic) bond motifs is 1. The molecule has 2 aromatic rings. The van der Waals surface area contributed by atoms with Gasteiger partial charge >= 0.3 is 0 Å². The van der Waals surface area contributed by atoms with E-state index in [-0.39, 0.29) is 16.8 Å². The van der Waals surface area contributed by atoms with Crippen molar-refractivity contribution < 1.29 is 4.79 Å². The summed E-state index contributed by atoms with van der Waals surface area (Å²) < 4.78 is 1.89. The lowest BCUT2D eigenvalue weighted by atomic mass is 9.80. The predicted octanol–water partition coefficient (Wildman–Crippen LogP) is 2.06. The smallest absolute Gasteiger partial charge is 0.259 e. The first-order valence-electron chi connectivity index (χ1n) is 9.09. The van der Waals surface area contributed by atoms with E-state index in [9.17, 15) is 9.59 Å². The van der Waals surface area contributed by atoms with Crippen molar-refractivity contribution in [3.8, 4) is 0 Å². The molecular weight excluding hydrogens is 314 g/mol. The number of benzene rings is 1. The minimum absolute atomic E-state index is 0.119. The zero-order chi connectivity index (χ0) is 17.6. The Morgan fingerprint density at radius 2 is 2.12 bits per heavy atom. The first-order valence-corrected chi connectivity index (χ1v) is 9.09. The van der Waals surface area contributed by atoms with E-state index >= 15 is 0 Å². The van der Waals surface area contributed by atoms with Gasteiger partial charge in [0.15, 0.2) is 0 Å². The monoisotopic (exact) mass is 339 g/mol. The Bertz CT molecular complexity index is 894. The molecule has 1 spiro atoms. The molecule has 0 bridgehead atoms. The summed E-state index contributed by atoms with van der Waals surface area (Å²) in [6, 6.07) is 5.81. The highest BCUT2D eigenvalue weighted by Crippen LogP contribution is 2.36. The van der Waals surface area contributed by atoms with Crippen molar-refractivity contribution in [2.24, 2.45) is 12.5 Å². The third-order valence-corrected chi connectivity index (χ3v) is 5.86. The second-order valence-corrected chi connectivity index (χ2v) is 7.76. The van der Waals surface area contributed by atoms with E-state index in [2.05, 4.69) is 5.32 Å². The summed E-state index contributed by atoms with van der Waals surface area (Å²) >= 11 is 0. The second-order valence-electron chi connectivity index (χ2n) is 7.76. The number of amides is 1. The summed E-state index contributed by atoms with van der Waals surface area (Å²) in [5.41, 5.74) is 2.24. The van der Waals surface area contributed by atoms with Gasteiger partial charge in [0.05, 0.1) is 5.52 Å². The van der Waals surface area contributed by atoms with Crippen LogP contribution >= 0.6 is 0 Å². The fourth-order valence-corrected chi connectivity index (χ4v) is 4.42. The zero-order valence-electron chi connectivity index (χ0n) is 15.0. The molecule has 0 aliphatic carbocycles. The van der Waals surface area contributed by atoms with Crippen LogP contribution in [0.5, 0.6) is 0 Å². The van der Waals surface area contributed by atoms with Gasteiger partial charge in [-0.25, -0.2) is 0 Å². The first kappa shape index (κ1) is 16.3. The molecule has 2 saturated heterocycles. The zero-order valence-corrected chi connectivity index (χ0v) is 15.0. The quantitative estimate of drug-likeness (QED) is 0.865. The van der Waals surface area contributed by atoms with Crippen molar-refractivity contribution in [3.63, 3.8) is 0 Å². The lowest BCUT2D eigenvalue weighted by molar-refractivity contribution is 0.0762. The predicted molar refractivity (Wildman–Crippen MR) is 99.0 cm³/mol. The van der Waals surface area contributed by atoms with Crippen molar-refractivity contribution in [2.75, 3.05) is 26.2 Å². The molecule has 132 valence electrons. The maximum Gasteiger partial charge on any atom is 0.259 e.